The smallest absolute Gasteiger partial charge is 0.0372 e. The zero-order valence-corrected chi connectivity index (χ0v) is 11.9. The molecule has 3 heteroatoms. The zero-order chi connectivity index (χ0) is 11.7. The Balaban J connectivity index is 1.87. The van der Waals surface area contributed by atoms with Gasteiger partial charge in [-0.3, -0.25) is 0 Å². The highest BCUT2D eigenvalue weighted by Crippen LogP contribution is 2.28. The van der Waals surface area contributed by atoms with Crippen molar-refractivity contribution in [3.05, 3.63) is 50.1 Å². The van der Waals surface area contributed by atoms with Gasteiger partial charge in [-0.25, -0.2) is 0 Å². The highest BCUT2D eigenvalue weighted by molar-refractivity contribution is 9.10. The van der Waals surface area contributed by atoms with Gasteiger partial charge in [0.1, 0.15) is 0 Å². The molecule has 0 radical (unpaired) electrons. The monoisotopic (exact) mass is 307 g/mol. The molecule has 0 spiro atoms. The second kappa shape index (κ2) is 4.83. The number of anilines is 1. The number of hydrogen-bond donors (Lipinski definition) is 1. The molecule has 0 atom stereocenters. The minimum Gasteiger partial charge on any atom is -0.385 e. The number of thiophene rings is 1. The first-order valence-corrected chi connectivity index (χ1v) is 7.58. The molecule has 0 fully saturated rings. The molecule has 0 aliphatic carbocycles. The van der Waals surface area contributed by atoms with Crippen LogP contribution in [-0.4, -0.2) is 6.54 Å². The van der Waals surface area contributed by atoms with E-state index < -0.39 is 0 Å². The first kappa shape index (κ1) is 11.3. The Morgan fingerprint density at radius 1 is 1.29 bits per heavy atom. The average Bonchev–Trinajstić information content (AvgIpc) is 2.75. The Labute approximate surface area is 114 Å². The van der Waals surface area contributed by atoms with Crippen LogP contribution >= 0.6 is 27.3 Å². The summed E-state index contributed by atoms with van der Waals surface area (Å²) in [4.78, 5) is 1.41. The van der Waals surface area contributed by atoms with Crippen molar-refractivity contribution in [2.24, 2.45) is 0 Å². The summed E-state index contributed by atoms with van der Waals surface area (Å²) in [5.74, 6) is 0. The molecule has 0 saturated heterocycles. The van der Waals surface area contributed by atoms with Gasteiger partial charge in [-0.2, -0.15) is 0 Å². The van der Waals surface area contributed by atoms with Crippen LogP contribution in [0.3, 0.4) is 0 Å². The molecule has 0 saturated carbocycles. The molecule has 2 heterocycles. The van der Waals surface area contributed by atoms with Gasteiger partial charge < -0.3 is 5.32 Å². The Bertz CT molecular complexity index is 533. The SMILES string of the molecule is Brc1ccsc1Cc1ccc2c(c1)CCCN2. The van der Waals surface area contributed by atoms with Crippen molar-refractivity contribution in [2.45, 2.75) is 19.3 Å². The van der Waals surface area contributed by atoms with Gasteiger partial charge in [-0.15, -0.1) is 11.3 Å². The largest absolute Gasteiger partial charge is 0.385 e. The minimum atomic E-state index is 1.03. The molecule has 1 aliphatic heterocycles. The molecule has 1 N–H and O–H groups in total. The number of benzene rings is 1. The first-order valence-electron chi connectivity index (χ1n) is 5.90. The van der Waals surface area contributed by atoms with Crippen LogP contribution in [0.2, 0.25) is 0 Å². The van der Waals surface area contributed by atoms with E-state index in [1.165, 1.54) is 39.0 Å². The highest BCUT2D eigenvalue weighted by Gasteiger charge is 2.10. The van der Waals surface area contributed by atoms with Gasteiger partial charge >= 0.3 is 0 Å². The maximum atomic E-state index is 3.60. The molecule has 0 unspecified atom stereocenters. The van der Waals surface area contributed by atoms with E-state index in [9.17, 15) is 0 Å². The van der Waals surface area contributed by atoms with Crippen molar-refractivity contribution in [3.8, 4) is 0 Å². The molecular weight excluding hydrogens is 294 g/mol. The van der Waals surface area contributed by atoms with Gasteiger partial charge in [0.15, 0.2) is 0 Å². The number of rotatable bonds is 2. The summed E-state index contributed by atoms with van der Waals surface area (Å²) >= 11 is 5.42. The number of nitrogens with one attached hydrogen (secondary N) is 1. The summed E-state index contributed by atoms with van der Waals surface area (Å²) in [6, 6.07) is 8.95. The first-order chi connectivity index (χ1) is 8.33. The van der Waals surface area contributed by atoms with Crippen molar-refractivity contribution < 1.29 is 0 Å². The second-order valence-corrected chi connectivity index (χ2v) is 6.25. The van der Waals surface area contributed by atoms with Crippen LogP contribution in [0.1, 0.15) is 22.4 Å². The van der Waals surface area contributed by atoms with Crippen LogP contribution in [0.25, 0.3) is 0 Å². The summed E-state index contributed by atoms with van der Waals surface area (Å²) in [7, 11) is 0. The normalized spacial score (nSPS) is 14.2. The molecule has 2 aromatic rings. The molecule has 1 aromatic carbocycles. The summed E-state index contributed by atoms with van der Waals surface area (Å²) in [5, 5.41) is 5.59. The lowest BCUT2D eigenvalue weighted by Gasteiger charge is -2.18. The van der Waals surface area contributed by atoms with Crippen LogP contribution in [-0.2, 0) is 12.8 Å². The number of hydrogen-bond acceptors (Lipinski definition) is 2. The molecule has 88 valence electrons. The maximum absolute atomic E-state index is 3.60. The zero-order valence-electron chi connectivity index (χ0n) is 9.50. The third-order valence-corrected chi connectivity index (χ3v) is 5.09. The van der Waals surface area contributed by atoms with E-state index in [2.05, 4.69) is 50.9 Å². The fourth-order valence-corrected chi connectivity index (χ4v) is 3.80. The number of fused-ring (bicyclic) bond motifs is 1. The van der Waals surface area contributed by atoms with Crippen LogP contribution in [0.5, 0.6) is 0 Å². The van der Waals surface area contributed by atoms with Gasteiger partial charge in [-0.05, 0) is 57.4 Å². The van der Waals surface area contributed by atoms with Crippen molar-refractivity contribution in [1.29, 1.82) is 0 Å². The second-order valence-electron chi connectivity index (χ2n) is 4.39. The van der Waals surface area contributed by atoms with Gasteiger partial charge in [0.25, 0.3) is 0 Å². The standard InChI is InChI=1S/C14H14BrNS/c15-12-5-7-17-14(12)9-10-3-4-13-11(8-10)2-1-6-16-13/h3-5,7-8,16H,1-2,6,9H2. The van der Waals surface area contributed by atoms with Crippen molar-refractivity contribution >= 4 is 33.0 Å². The fraction of sp³-hybridized carbons (Fsp3) is 0.286. The van der Waals surface area contributed by atoms with Crippen molar-refractivity contribution in [2.75, 3.05) is 11.9 Å². The third kappa shape index (κ3) is 2.40. The third-order valence-electron chi connectivity index (χ3n) is 3.16. The molecule has 0 amide bonds. The molecular formula is C14H14BrNS. The van der Waals surface area contributed by atoms with Gasteiger partial charge in [0.05, 0.1) is 0 Å². The minimum absolute atomic E-state index is 1.03. The molecule has 3 rings (SSSR count). The Kier molecular flexibility index (Phi) is 3.21. The van der Waals surface area contributed by atoms with Crippen LogP contribution in [0.4, 0.5) is 5.69 Å². The Morgan fingerprint density at radius 2 is 2.24 bits per heavy atom. The van der Waals surface area contributed by atoms with E-state index in [4.69, 9.17) is 0 Å². The summed E-state index contributed by atoms with van der Waals surface area (Å²) in [6.45, 7) is 1.11. The summed E-state index contributed by atoms with van der Waals surface area (Å²) in [5.41, 5.74) is 4.21. The quantitative estimate of drug-likeness (QED) is 0.864. The molecule has 1 aromatic heterocycles. The fourth-order valence-electron chi connectivity index (χ4n) is 2.27. The van der Waals surface area contributed by atoms with E-state index in [0.717, 1.165) is 13.0 Å². The lowest BCUT2D eigenvalue weighted by Crippen LogP contribution is -2.11. The van der Waals surface area contributed by atoms with Crippen LogP contribution in [0, 0.1) is 0 Å². The van der Waals surface area contributed by atoms with Crippen LogP contribution < -0.4 is 5.32 Å². The van der Waals surface area contributed by atoms with E-state index in [1.54, 1.807) is 0 Å². The van der Waals surface area contributed by atoms with Crippen molar-refractivity contribution in [1.82, 2.24) is 0 Å². The number of aryl methyl sites for hydroxylation is 1. The van der Waals surface area contributed by atoms with E-state index in [0.29, 0.717) is 0 Å². The Morgan fingerprint density at radius 3 is 3.06 bits per heavy atom. The predicted molar refractivity (Wildman–Crippen MR) is 78.1 cm³/mol. The van der Waals surface area contributed by atoms with E-state index >= 15 is 0 Å². The molecule has 1 aliphatic rings. The summed E-state index contributed by atoms with van der Waals surface area (Å²) < 4.78 is 1.23. The maximum Gasteiger partial charge on any atom is 0.0372 e. The average molecular weight is 308 g/mol. The highest BCUT2D eigenvalue weighted by atomic mass is 79.9. The van der Waals surface area contributed by atoms with Gasteiger partial charge in [0.2, 0.25) is 0 Å². The number of halogens is 1. The lowest BCUT2D eigenvalue weighted by atomic mass is 9.99. The Hall–Kier alpha value is -0.800. The van der Waals surface area contributed by atoms with Crippen molar-refractivity contribution in [3.63, 3.8) is 0 Å². The van der Waals surface area contributed by atoms with Gasteiger partial charge in [0, 0.05) is 28.0 Å². The lowest BCUT2D eigenvalue weighted by molar-refractivity contribution is 0.828. The van der Waals surface area contributed by atoms with E-state index in [-0.39, 0.29) is 0 Å². The predicted octanol–water partition coefficient (Wildman–Crippen LogP) is 4.46. The van der Waals surface area contributed by atoms with Gasteiger partial charge in [-0.1, -0.05) is 12.1 Å². The molecule has 17 heavy (non-hydrogen) atoms. The van der Waals surface area contributed by atoms with E-state index in [1.807, 2.05) is 11.3 Å². The topological polar surface area (TPSA) is 12.0 Å². The molecule has 0 bridgehead atoms. The summed E-state index contributed by atoms with van der Waals surface area (Å²) in [6.07, 6.45) is 3.49. The molecule has 1 nitrogen and oxygen atoms in total. The van der Waals surface area contributed by atoms with Crippen LogP contribution in [0.15, 0.2) is 34.1 Å².